The van der Waals surface area contributed by atoms with E-state index in [2.05, 4.69) is 22.9 Å². The van der Waals surface area contributed by atoms with E-state index in [0.29, 0.717) is 12.1 Å². The average Bonchev–Trinajstić information content (AvgIpc) is 2.80. The second-order valence-electron chi connectivity index (χ2n) is 7.09. The van der Waals surface area contributed by atoms with Gasteiger partial charge in [-0.15, -0.1) is 12.8 Å². The highest BCUT2D eigenvalue weighted by Gasteiger charge is 2.32. The van der Waals surface area contributed by atoms with Crippen molar-refractivity contribution in [1.82, 2.24) is 14.8 Å². The molecule has 1 aromatic carbocycles. The molecule has 2 aromatic rings. The maximum atomic E-state index is 13.7. The molecule has 34 heavy (non-hydrogen) atoms. The molecule has 0 radical (unpaired) electrons. The molecule has 11 heteroatoms. The molecule has 1 aromatic heterocycles. The molecule has 0 aliphatic carbocycles. The fourth-order valence-corrected chi connectivity index (χ4v) is 2.96. The number of halogens is 3. The van der Waals surface area contributed by atoms with Crippen molar-refractivity contribution in [2.24, 2.45) is 0 Å². The van der Waals surface area contributed by atoms with Gasteiger partial charge in [0.05, 0.1) is 0 Å². The summed E-state index contributed by atoms with van der Waals surface area (Å²) in [7, 11) is 3.20. The highest BCUT2D eigenvalue weighted by Crippen LogP contribution is 2.22. The number of pyridine rings is 1. The third kappa shape index (κ3) is 6.17. The summed E-state index contributed by atoms with van der Waals surface area (Å²) in [5, 5.41) is 12.3. The molecule has 1 aliphatic rings. The van der Waals surface area contributed by atoms with E-state index in [9.17, 15) is 32.7 Å². The first-order valence-corrected chi connectivity index (χ1v) is 10.0. The molecule has 1 aliphatic heterocycles. The molecule has 184 valence electrons. The molecule has 0 unspecified atom stereocenters. The van der Waals surface area contributed by atoms with Gasteiger partial charge in [-0.25, -0.2) is 13.2 Å². The van der Waals surface area contributed by atoms with E-state index in [1.54, 1.807) is 14.0 Å². The van der Waals surface area contributed by atoms with E-state index in [-0.39, 0.29) is 18.3 Å². The van der Waals surface area contributed by atoms with Crippen LogP contribution in [0.3, 0.4) is 0 Å². The van der Waals surface area contributed by atoms with Crippen molar-refractivity contribution < 1.29 is 32.6 Å². The number of ether oxygens (including phenoxy) is 1. The van der Waals surface area contributed by atoms with Gasteiger partial charge >= 0.3 is 0 Å². The number of carbonyl (C=O) groups excluding carboxylic acids is 2. The SMILES string of the molecule is C#C.CCOC.C[C@H]1Cn2cc(C(=O)NCc3c(F)cc(F)cc3F)c(=O)c(O)c2C(=O)N1C. The lowest BCUT2D eigenvalue weighted by Crippen LogP contribution is -2.45. The zero-order valence-electron chi connectivity index (χ0n) is 19.2. The smallest absolute Gasteiger partial charge is 0.274 e. The maximum absolute atomic E-state index is 13.7. The van der Waals surface area contributed by atoms with Crippen molar-refractivity contribution in [2.75, 3.05) is 20.8 Å². The molecule has 0 saturated heterocycles. The Bertz CT molecular complexity index is 1110. The highest BCUT2D eigenvalue weighted by molar-refractivity contribution is 5.99. The summed E-state index contributed by atoms with van der Waals surface area (Å²) in [4.78, 5) is 38.3. The van der Waals surface area contributed by atoms with Gasteiger partial charge in [0.1, 0.15) is 23.0 Å². The largest absolute Gasteiger partial charge is 0.503 e. The first-order chi connectivity index (χ1) is 16.0. The minimum atomic E-state index is -1.19. The van der Waals surface area contributed by atoms with E-state index >= 15 is 0 Å². The molecule has 1 atom stereocenters. The van der Waals surface area contributed by atoms with Crippen molar-refractivity contribution in [3.8, 4) is 18.6 Å². The number of nitrogens with zero attached hydrogens (tertiary/aromatic N) is 2. The van der Waals surface area contributed by atoms with Crippen LogP contribution in [0.25, 0.3) is 0 Å². The molecule has 8 nitrogen and oxygen atoms in total. The lowest BCUT2D eigenvalue weighted by atomic mass is 10.1. The van der Waals surface area contributed by atoms with Crippen LogP contribution in [0, 0.1) is 30.3 Å². The number of fused-ring (bicyclic) bond motifs is 1. The Labute approximate surface area is 195 Å². The van der Waals surface area contributed by atoms with Gasteiger partial charge < -0.3 is 24.6 Å². The van der Waals surface area contributed by atoms with Crippen LogP contribution in [0.2, 0.25) is 0 Å². The van der Waals surface area contributed by atoms with Crippen LogP contribution >= 0.6 is 0 Å². The molecule has 0 bridgehead atoms. The molecule has 0 fully saturated rings. The summed E-state index contributed by atoms with van der Waals surface area (Å²) in [5.74, 6) is -5.94. The summed E-state index contributed by atoms with van der Waals surface area (Å²) in [6.07, 6.45) is 9.12. The highest BCUT2D eigenvalue weighted by atomic mass is 19.1. The molecule has 0 spiro atoms. The van der Waals surface area contributed by atoms with Crippen LogP contribution in [0.15, 0.2) is 23.1 Å². The first-order valence-electron chi connectivity index (χ1n) is 10.0. The molecule has 3 rings (SSSR count). The number of nitrogens with one attached hydrogen (secondary N) is 1. The van der Waals surface area contributed by atoms with Gasteiger partial charge in [0.2, 0.25) is 5.43 Å². The second kappa shape index (κ2) is 12.5. The number of amides is 2. The molecule has 2 amide bonds. The van der Waals surface area contributed by atoms with Crippen LogP contribution in [0.5, 0.6) is 5.75 Å². The van der Waals surface area contributed by atoms with Gasteiger partial charge in [-0.05, 0) is 13.8 Å². The summed E-state index contributed by atoms with van der Waals surface area (Å²) in [6.45, 7) is 4.11. The zero-order valence-corrected chi connectivity index (χ0v) is 19.2. The van der Waals surface area contributed by atoms with Gasteiger partial charge in [0.25, 0.3) is 11.8 Å². The minimum absolute atomic E-state index is 0.229. The number of hydrogen-bond acceptors (Lipinski definition) is 5. The number of likely N-dealkylation sites (N-methyl/N-ethyl adjacent to an activating group) is 1. The van der Waals surface area contributed by atoms with Gasteiger partial charge in [-0.2, -0.15) is 0 Å². The maximum Gasteiger partial charge on any atom is 0.274 e. The topological polar surface area (TPSA) is 101 Å². The quantitative estimate of drug-likeness (QED) is 0.653. The Balaban J connectivity index is 0.000000872. The van der Waals surface area contributed by atoms with Gasteiger partial charge in [0.15, 0.2) is 11.4 Å². The number of rotatable bonds is 4. The van der Waals surface area contributed by atoms with E-state index in [1.165, 1.54) is 16.5 Å². The number of terminal acetylenes is 1. The lowest BCUT2D eigenvalue weighted by Gasteiger charge is -2.33. The molecular weight excluding hydrogens is 455 g/mol. The van der Waals surface area contributed by atoms with Crippen molar-refractivity contribution in [3.05, 3.63) is 62.8 Å². The Morgan fingerprint density at radius 2 is 1.76 bits per heavy atom. The normalized spacial score (nSPS) is 14.2. The van der Waals surface area contributed by atoms with Gasteiger partial charge in [-0.3, -0.25) is 14.4 Å². The monoisotopic (exact) mass is 481 g/mol. The summed E-state index contributed by atoms with van der Waals surface area (Å²) < 4.78 is 46.1. The lowest BCUT2D eigenvalue weighted by molar-refractivity contribution is 0.0664. The first kappa shape index (κ1) is 28.3. The number of benzene rings is 1. The van der Waals surface area contributed by atoms with E-state index < -0.39 is 58.1 Å². The van der Waals surface area contributed by atoms with Crippen molar-refractivity contribution in [3.63, 3.8) is 0 Å². The Morgan fingerprint density at radius 3 is 2.26 bits per heavy atom. The predicted molar refractivity (Wildman–Crippen MR) is 119 cm³/mol. The third-order valence-corrected chi connectivity index (χ3v) is 4.97. The summed E-state index contributed by atoms with van der Waals surface area (Å²) >= 11 is 0. The van der Waals surface area contributed by atoms with Crippen molar-refractivity contribution in [1.29, 1.82) is 0 Å². The minimum Gasteiger partial charge on any atom is -0.503 e. The Kier molecular flexibility index (Phi) is 10.4. The van der Waals surface area contributed by atoms with Crippen LogP contribution in [-0.2, 0) is 17.8 Å². The zero-order chi connectivity index (χ0) is 26.2. The van der Waals surface area contributed by atoms with Crippen molar-refractivity contribution >= 4 is 11.8 Å². The predicted octanol–water partition coefficient (Wildman–Crippen LogP) is 2.28. The molecule has 2 N–H and O–H groups in total. The fraction of sp³-hybridized carbons (Fsp3) is 0.348. The molecule has 0 saturated carbocycles. The fourth-order valence-electron chi connectivity index (χ4n) is 2.96. The number of aromatic hydroxyl groups is 1. The Hall–Kier alpha value is -3.78. The summed E-state index contributed by atoms with van der Waals surface area (Å²) in [6, 6.07) is 0.682. The number of hydrogen-bond donors (Lipinski definition) is 2. The van der Waals surface area contributed by atoms with Crippen molar-refractivity contribution in [2.45, 2.75) is 33.0 Å². The Morgan fingerprint density at radius 1 is 1.24 bits per heavy atom. The number of aromatic nitrogens is 1. The molecule has 2 heterocycles. The third-order valence-electron chi connectivity index (χ3n) is 4.97. The molecular formula is C23H26F3N3O5. The van der Waals surface area contributed by atoms with Crippen LogP contribution < -0.4 is 10.7 Å². The average molecular weight is 481 g/mol. The number of methoxy groups -OCH3 is 1. The van der Waals surface area contributed by atoms with Crippen LogP contribution in [0.1, 0.15) is 40.3 Å². The van der Waals surface area contributed by atoms with E-state index in [1.807, 2.05) is 6.92 Å². The second-order valence-corrected chi connectivity index (χ2v) is 7.09. The van der Waals surface area contributed by atoms with Crippen LogP contribution in [-0.4, -0.2) is 53.2 Å². The van der Waals surface area contributed by atoms with Gasteiger partial charge in [0, 0.05) is 63.8 Å². The standard InChI is InChI=1S/C18H16F3N3O4.C3H8O.C2H2/c1-8-6-24-7-11(15(25)16(26)14(24)18(28)23(8)2)17(27)22-5-10-12(20)3-9(19)4-13(10)21;1-3-4-2;1-2/h3-4,7-8,26H,5-6H2,1-2H3,(H,22,27);3H2,1-2H3;1-2H/t8-;;/m0../s1. The summed E-state index contributed by atoms with van der Waals surface area (Å²) in [5.41, 5.74) is -2.39. The number of carbonyl (C=O) groups is 2. The van der Waals surface area contributed by atoms with E-state index in [0.717, 1.165) is 12.8 Å². The van der Waals surface area contributed by atoms with E-state index in [4.69, 9.17) is 0 Å². The van der Waals surface area contributed by atoms with Gasteiger partial charge in [-0.1, -0.05) is 0 Å². The van der Waals surface area contributed by atoms with Crippen LogP contribution in [0.4, 0.5) is 13.2 Å².